The molecule has 2 rings (SSSR count). The Morgan fingerprint density at radius 2 is 1.69 bits per heavy atom. The highest BCUT2D eigenvalue weighted by Crippen LogP contribution is 2.22. The molecule has 1 aromatic rings. The molecule has 142 valence electrons. The van der Waals surface area contributed by atoms with Gasteiger partial charge in [-0.05, 0) is 19.3 Å². The molecule has 1 heterocycles. The van der Waals surface area contributed by atoms with Crippen LogP contribution < -0.4 is 5.32 Å². The summed E-state index contributed by atoms with van der Waals surface area (Å²) in [6.45, 7) is 7.40. The van der Waals surface area contributed by atoms with E-state index in [1.54, 1.807) is 0 Å². The zero-order valence-electron chi connectivity index (χ0n) is 16.1. The first-order valence-electron chi connectivity index (χ1n) is 9.44. The summed E-state index contributed by atoms with van der Waals surface area (Å²) in [5.74, 6) is 0.306. The Balaban J connectivity index is 1.70. The van der Waals surface area contributed by atoms with Gasteiger partial charge < -0.3 is 10.2 Å². The second-order valence-corrected chi connectivity index (χ2v) is 7.99. The first kappa shape index (κ1) is 20.1. The Kier molecular flexibility index (Phi) is 6.95. The quantitative estimate of drug-likeness (QED) is 0.628. The van der Waals surface area contributed by atoms with Gasteiger partial charge in [0, 0.05) is 43.0 Å². The maximum Gasteiger partial charge on any atom is 0.225 e. The maximum absolute atomic E-state index is 12.5. The Morgan fingerprint density at radius 1 is 1.08 bits per heavy atom. The predicted molar refractivity (Wildman–Crippen MR) is 102 cm³/mol. The fraction of sp³-hybridized carbons (Fsp3) is 0.571. The highest BCUT2D eigenvalue weighted by molar-refractivity contribution is 5.98. The summed E-state index contributed by atoms with van der Waals surface area (Å²) in [6.07, 6.45) is 2.52. The number of rotatable bonds is 6. The lowest BCUT2D eigenvalue weighted by molar-refractivity contribution is -0.133. The summed E-state index contributed by atoms with van der Waals surface area (Å²) in [4.78, 5) is 38.4. The highest BCUT2D eigenvalue weighted by Gasteiger charge is 2.27. The molecule has 2 amide bonds. The van der Waals surface area contributed by atoms with Gasteiger partial charge in [0.25, 0.3) is 0 Å². The fourth-order valence-corrected chi connectivity index (χ4v) is 3.09. The van der Waals surface area contributed by atoms with E-state index in [1.807, 2.05) is 56.0 Å². The van der Waals surface area contributed by atoms with E-state index >= 15 is 0 Å². The minimum absolute atomic E-state index is 0.00480. The maximum atomic E-state index is 12.5. The van der Waals surface area contributed by atoms with Gasteiger partial charge in [-0.25, -0.2) is 0 Å². The molecular formula is C21H30N2O3. The van der Waals surface area contributed by atoms with Crippen LogP contribution >= 0.6 is 0 Å². The Morgan fingerprint density at radius 3 is 2.27 bits per heavy atom. The summed E-state index contributed by atoms with van der Waals surface area (Å²) < 4.78 is 0. The molecule has 5 nitrogen and oxygen atoms in total. The molecule has 0 aromatic heterocycles. The van der Waals surface area contributed by atoms with Gasteiger partial charge in [-0.15, -0.1) is 0 Å². The zero-order valence-corrected chi connectivity index (χ0v) is 16.1. The third kappa shape index (κ3) is 5.68. The molecule has 26 heavy (non-hydrogen) atoms. The number of hydrogen-bond donors (Lipinski definition) is 1. The lowest BCUT2D eigenvalue weighted by Crippen LogP contribution is -2.40. The van der Waals surface area contributed by atoms with Crippen molar-refractivity contribution in [3.63, 3.8) is 0 Å². The number of amides is 2. The van der Waals surface area contributed by atoms with E-state index in [-0.39, 0.29) is 23.5 Å². The molecule has 0 radical (unpaired) electrons. The van der Waals surface area contributed by atoms with Crippen LogP contribution in [0, 0.1) is 11.3 Å². The highest BCUT2D eigenvalue weighted by atomic mass is 16.2. The number of nitrogens with zero attached hydrogens (tertiary/aromatic N) is 1. The van der Waals surface area contributed by atoms with Crippen LogP contribution in [0.1, 0.15) is 56.8 Å². The molecule has 1 fully saturated rings. The van der Waals surface area contributed by atoms with Gasteiger partial charge in [0.2, 0.25) is 11.8 Å². The molecule has 1 N–H and O–H groups in total. The van der Waals surface area contributed by atoms with Crippen LogP contribution in [0.5, 0.6) is 0 Å². The molecule has 0 saturated carbocycles. The second-order valence-electron chi connectivity index (χ2n) is 7.99. The van der Waals surface area contributed by atoms with Crippen molar-refractivity contribution in [2.75, 3.05) is 19.6 Å². The van der Waals surface area contributed by atoms with Gasteiger partial charge in [-0.2, -0.15) is 0 Å². The third-order valence-corrected chi connectivity index (χ3v) is 4.81. The molecule has 0 aliphatic carbocycles. The van der Waals surface area contributed by atoms with Crippen molar-refractivity contribution in [2.45, 2.75) is 46.5 Å². The van der Waals surface area contributed by atoms with Crippen molar-refractivity contribution < 1.29 is 14.4 Å². The van der Waals surface area contributed by atoms with Gasteiger partial charge in [-0.1, -0.05) is 51.1 Å². The van der Waals surface area contributed by atoms with Crippen LogP contribution in [-0.2, 0) is 9.59 Å². The van der Waals surface area contributed by atoms with Crippen LogP contribution in [0.15, 0.2) is 30.3 Å². The lowest BCUT2D eigenvalue weighted by atomic mass is 9.89. The number of hydrogen-bond acceptors (Lipinski definition) is 3. The molecule has 0 spiro atoms. The van der Waals surface area contributed by atoms with E-state index in [1.165, 1.54) is 0 Å². The minimum atomic E-state index is -0.406. The summed E-state index contributed by atoms with van der Waals surface area (Å²) in [5, 5.41) is 2.87. The largest absolute Gasteiger partial charge is 0.356 e. The predicted octanol–water partition coefficient (Wildman–Crippen LogP) is 3.05. The van der Waals surface area contributed by atoms with Gasteiger partial charge >= 0.3 is 0 Å². The number of carbonyl (C=O) groups is 3. The van der Waals surface area contributed by atoms with E-state index in [0.717, 1.165) is 18.4 Å². The Labute approximate surface area is 156 Å². The Hall–Kier alpha value is -2.17. The smallest absolute Gasteiger partial charge is 0.225 e. The molecular weight excluding hydrogens is 328 g/mol. The van der Waals surface area contributed by atoms with Crippen LogP contribution in [0.4, 0.5) is 0 Å². The average molecular weight is 358 g/mol. The number of nitrogens with one attached hydrogen (secondary N) is 1. The lowest BCUT2D eigenvalue weighted by Gasteiger charge is -2.31. The standard InChI is InChI=1S/C21H30N2O3/c1-21(2,3)20(26)22-13-7-10-18(24)23-14-11-17(12-15-23)19(25)16-8-5-4-6-9-16/h4-6,8-9,17H,7,10-15H2,1-3H3,(H,22,26). The first-order chi connectivity index (χ1) is 12.3. The van der Waals surface area contributed by atoms with Crippen molar-refractivity contribution in [3.8, 4) is 0 Å². The molecule has 0 bridgehead atoms. The molecule has 1 aromatic carbocycles. The summed E-state index contributed by atoms with van der Waals surface area (Å²) in [5.41, 5.74) is 0.351. The topological polar surface area (TPSA) is 66.5 Å². The average Bonchev–Trinajstić information content (AvgIpc) is 2.64. The second kappa shape index (κ2) is 8.97. The summed E-state index contributed by atoms with van der Waals surface area (Å²) in [6, 6.07) is 9.37. The number of Topliss-reactive ketones (excluding diaryl/α,β-unsaturated/α-hetero) is 1. The van der Waals surface area contributed by atoms with Crippen LogP contribution in [0.3, 0.4) is 0 Å². The van der Waals surface area contributed by atoms with E-state index < -0.39 is 5.41 Å². The van der Waals surface area contributed by atoms with Gasteiger partial charge in [0.1, 0.15) is 0 Å². The van der Waals surface area contributed by atoms with Crippen LogP contribution in [-0.4, -0.2) is 42.1 Å². The molecule has 5 heteroatoms. The van der Waals surface area contributed by atoms with Gasteiger partial charge in [-0.3, -0.25) is 14.4 Å². The number of carbonyl (C=O) groups excluding carboxylic acids is 3. The minimum Gasteiger partial charge on any atom is -0.356 e. The molecule has 1 aliphatic rings. The normalized spacial score (nSPS) is 15.6. The van der Waals surface area contributed by atoms with E-state index in [4.69, 9.17) is 0 Å². The Bertz CT molecular complexity index is 626. The summed E-state index contributed by atoms with van der Waals surface area (Å²) in [7, 11) is 0. The van der Waals surface area contributed by atoms with Crippen LogP contribution in [0.2, 0.25) is 0 Å². The van der Waals surface area contributed by atoms with Crippen molar-refractivity contribution in [3.05, 3.63) is 35.9 Å². The fourth-order valence-electron chi connectivity index (χ4n) is 3.09. The molecule has 0 unspecified atom stereocenters. The SMILES string of the molecule is CC(C)(C)C(=O)NCCCC(=O)N1CCC(C(=O)c2ccccc2)CC1. The number of likely N-dealkylation sites (tertiary alicyclic amines) is 1. The molecule has 1 saturated heterocycles. The van der Waals surface area contributed by atoms with Crippen molar-refractivity contribution in [1.29, 1.82) is 0 Å². The zero-order chi connectivity index (χ0) is 19.2. The van der Waals surface area contributed by atoms with Crippen molar-refractivity contribution >= 4 is 17.6 Å². The van der Waals surface area contributed by atoms with E-state index in [0.29, 0.717) is 32.5 Å². The van der Waals surface area contributed by atoms with Crippen molar-refractivity contribution in [1.82, 2.24) is 10.2 Å². The summed E-state index contributed by atoms with van der Waals surface area (Å²) >= 11 is 0. The number of benzene rings is 1. The van der Waals surface area contributed by atoms with E-state index in [9.17, 15) is 14.4 Å². The van der Waals surface area contributed by atoms with Gasteiger partial charge in [0.05, 0.1) is 0 Å². The monoisotopic (exact) mass is 358 g/mol. The number of ketones is 1. The third-order valence-electron chi connectivity index (χ3n) is 4.81. The number of piperidine rings is 1. The van der Waals surface area contributed by atoms with Crippen LogP contribution in [0.25, 0.3) is 0 Å². The molecule has 1 aliphatic heterocycles. The van der Waals surface area contributed by atoms with Gasteiger partial charge in [0.15, 0.2) is 5.78 Å². The molecule has 0 atom stereocenters. The first-order valence-corrected chi connectivity index (χ1v) is 9.44. The van der Waals surface area contributed by atoms with E-state index in [2.05, 4.69) is 5.32 Å². The van der Waals surface area contributed by atoms with Crippen molar-refractivity contribution in [2.24, 2.45) is 11.3 Å².